The van der Waals surface area contributed by atoms with Crippen LogP contribution in [-0.4, -0.2) is 36.1 Å². The quantitative estimate of drug-likeness (QED) is 0.596. The molecule has 0 radical (unpaired) electrons. The lowest BCUT2D eigenvalue weighted by molar-refractivity contribution is 0.104. The molecule has 0 amide bonds. The van der Waals surface area contributed by atoms with Crippen LogP contribution in [0.2, 0.25) is 0 Å². The molecule has 1 atom stereocenters. The van der Waals surface area contributed by atoms with Crippen LogP contribution in [-0.2, 0) is 0 Å². The average molecular weight is 292 g/mol. The molecule has 118 valence electrons. The van der Waals surface area contributed by atoms with E-state index in [9.17, 15) is 0 Å². The molecule has 0 aromatic carbocycles. The van der Waals surface area contributed by atoms with Crippen molar-refractivity contribution in [1.82, 2.24) is 15.3 Å². The predicted molar refractivity (Wildman–Crippen MR) is 85.0 cm³/mol. The van der Waals surface area contributed by atoms with Crippen molar-refractivity contribution < 1.29 is 4.74 Å². The first-order chi connectivity index (χ1) is 10.1. The zero-order chi connectivity index (χ0) is 15.3. The van der Waals surface area contributed by atoms with Gasteiger partial charge < -0.3 is 9.64 Å². The van der Waals surface area contributed by atoms with E-state index >= 15 is 0 Å². The molecule has 0 bridgehead atoms. The van der Waals surface area contributed by atoms with Crippen molar-refractivity contribution in [3.63, 3.8) is 0 Å². The summed E-state index contributed by atoms with van der Waals surface area (Å²) in [6.07, 6.45) is 9.44. The second kappa shape index (κ2) is 7.20. The topological polar surface area (TPSA) is 63.4 Å². The third-order valence-electron chi connectivity index (χ3n) is 4.60. The SMILES string of the molecule is CCCOc1cncc(C(NN)C2(N(C)C)CCCC2)c1. The molecule has 2 rings (SSSR count). The number of likely N-dealkylation sites (N-methyl/N-ethyl adjacent to an activating group) is 1. The highest BCUT2D eigenvalue weighted by atomic mass is 16.5. The maximum atomic E-state index is 5.91. The van der Waals surface area contributed by atoms with Gasteiger partial charge in [0.05, 0.1) is 18.8 Å². The molecule has 1 aromatic heterocycles. The molecule has 3 N–H and O–H groups in total. The molecule has 1 saturated carbocycles. The molecule has 5 nitrogen and oxygen atoms in total. The van der Waals surface area contributed by atoms with Crippen molar-refractivity contribution in [2.75, 3.05) is 20.7 Å². The fraction of sp³-hybridized carbons (Fsp3) is 0.688. The van der Waals surface area contributed by atoms with Gasteiger partial charge in [0, 0.05) is 11.7 Å². The minimum atomic E-state index is 0.0554. The minimum absolute atomic E-state index is 0.0554. The Labute approximate surface area is 127 Å². The van der Waals surface area contributed by atoms with E-state index in [0.717, 1.165) is 30.6 Å². The summed E-state index contributed by atoms with van der Waals surface area (Å²) in [7, 11) is 4.28. The Hall–Kier alpha value is -1.17. The monoisotopic (exact) mass is 292 g/mol. The van der Waals surface area contributed by atoms with Crippen LogP contribution in [0.4, 0.5) is 0 Å². The van der Waals surface area contributed by atoms with Crippen LogP contribution < -0.4 is 16.0 Å². The fourth-order valence-corrected chi connectivity index (χ4v) is 3.44. The zero-order valence-electron chi connectivity index (χ0n) is 13.4. The number of nitrogens with zero attached hydrogens (tertiary/aromatic N) is 2. The Morgan fingerprint density at radius 1 is 1.38 bits per heavy atom. The van der Waals surface area contributed by atoms with Gasteiger partial charge in [-0.1, -0.05) is 19.8 Å². The van der Waals surface area contributed by atoms with Crippen molar-refractivity contribution in [2.24, 2.45) is 5.84 Å². The Balaban J connectivity index is 2.27. The van der Waals surface area contributed by atoms with Gasteiger partial charge in [0.15, 0.2) is 0 Å². The largest absolute Gasteiger partial charge is 0.492 e. The number of pyridine rings is 1. The van der Waals surface area contributed by atoms with Crippen molar-refractivity contribution >= 4 is 0 Å². The number of hydrazine groups is 1. The van der Waals surface area contributed by atoms with Crippen molar-refractivity contribution in [3.8, 4) is 5.75 Å². The van der Waals surface area contributed by atoms with Gasteiger partial charge in [-0.05, 0) is 45.0 Å². The maximum Gasteiger partial charge on any atom is 0.137 e. The van der Waals surface area contributed by atoms with E-state index in [2.05, 4.69) is 42.4 Å². The molecule has 5 heteroatoms. The van der Waals surface area contributed by atoms with Crippen LogP contribution in [0.15, 0.2) is 18.5 Å². The number of hydrogen-bond donors (Lipinski definition) is 2. The Morgan fingerprint density at radius 3 is 2.67 bits per heavy atom. The predicted octanol–water partition coefficient (Wildman–Crippen LogP) is 2.25. The highest BCUT2D eigenvalue weighted by molar-refractivity contribution is 5.29. The number of ether oxygens (including phenoxy) is 1. The van der Waals surface area contributed by atoms with E-state index in [1.165, 1.54) is 12.8 Å². The van der Waals surface area contributed by atoms with Crippen LogP contribution in [0, 0.1) is 0 Å². The normalized spacial score (nSPS) is 18.9. The summed E-state index contributed by atoms with van der Waals surface area (Å²) in [4.78, 5) is 6.64. The van der Waals surface area contributed by atoms with Crippen molar-refractivity contribution in [1.29, 1.82) is 0 Å². The van der Waals surface area contributed by atoms with Gasteiger partial charge in [-0.3, -0.25) is 16.3 Å². The van der Waals surface area contributed by atoms with E-state index in [0.29, 0.717) is 6.61 Å². The second-order valence-corrected chi connectivity index (χ2v) is 6.11. The first kappa shape index (κ1) is 16.2. The molecule has 1 unspecified atom stereocenters. The van der Waals surface area contributed by atoms with Gasteiger partial charge in [-0.2, -0.15) is 0 Å². The number of rotatable bonds is 7. The summed E-state index contributed by atoms with van der Waals surface area (Å²) >= 11 is 0. The molecule has 1 heterocycles. The van der Waals surface area contributed by atoms with Gasteiger partial charge >= 0.3 is 0 Å². The van der Waals surface area contributed by atoms with Crippen LogP contribution in [0.1, 0.15) is 50.6 Å². The number of hydrogen-bond acceptors (Lipinski definition) is 5. The number of aromatic nitrogens is 1. The van der Waals surface area contributed by atoms with E-state index < -0.39 is 0 Å². The van der Waals surface area contributed by atoms with Crippen molar-refractivity contribution in [2.45, 2.75) is 50.6 Å². The molecule has 0 saturated heterocycles. The van der Waals surface area contributed by atoms with Crippen LogP contribution >= 0.6 is 0 Å². The van der Waals surface area contributed by atoms with Gasteiger partial charge in [-0.25, -0.2) is 0 Å². The zero-order valence-corrected chi connectivity index (χ0v) is 13.4. The summed E-state index contributed by atoms with van der Waals surface area (Å²) in [6.45, 7) is 2.81. The summed E-state index contributed by atoms with van der Waals surface area (Å²) in [5, 5.41) is 0. The molecule has 0 aliphatic heterocycles. The van der Waals surface area contributed by atoms with Crippen molar-refractivity contribution in [3.05, 3.63) is 24.0 Å². The molecule has 1 fully saturated rings. The van der Waals surface area contributed by atoms with Crippen LogP contribution in [0.25, 0.3) is 0 Å². The van der Waals surface area contributed by atoms with Gasteiger partial charge in [0.2, 0.25) is 0 Å². The lowest BCUT2D eigenvalue weighted by atomic mass is 9.83. The van der Waals surface area contributed by atoms with Gasteiger partial charge in [0.25, 0.3) is 0 Å². The lowest BCUT2D eigenvalue weighted by Gasteiger charge is -2.43. The first-order valence-corrected chi connectivity index (χ1v) is 7.85. The standard InChI is InChI=1S/C16H28N4O/c1-4-9-21-14-10-13(11-18-12-14)15(19-17)16(20(2)3)7-5-6-8-16/h10-12,15,19H,4-9,17H2,1-3H3. The summed E-state index contributed by atoms with van der Waals surface area (Å²) in [6, 6.07) is 2.13. The molecule has 1 aliphatic rings. The van der Waals surface area contributed by atoms with Gasteiger partial charge in [-0.15, -0.1) is 0 Å². The van der Waals surface area contributed by atoms with E-state index in [1.807, 2.05) is 6.20 Å². The fourth-order valence-electron chi connectivity index (χ4n) is 3.44. The van der Waals surface area contributed by atoms with Crippen LogP contribution in [0.3, 0.4) is 0 Å². The molecule has 1 aliphatic carbocycles. The highest BCUT2D eigenvalue weighted by Gasteiger charge is 2.43. The average Bonchev–Trinajstić information content (AvgIpc) is 2.97. The molecule has 21 heavy (non-hydrogen) atoms. The summed E-state index contributed by atoms with van der Waals surface area (Å²) < 4.78 is 5.70. The molecular formula is C16H28N4O. The van der Waals surface area contributed by atoms with E-state index in [-0.39, 0.29) is 11.6 Å². The Morgan fingerprint density at radius 2 is 2.10 bits per heavy atom. The number of nitrogens with two attached hydrogens (primary N) is 1. The highest BCUT2D eigenvalue weighted by Crippen LogP contribution is 2.43. The van der Waals surface area contributed by atoms with E-state index in [4.69, 9.17) is 10.6 Å². The Bertz CT molecular complexity index is 444. The van der Waals surface area contributed by atoms with Gasteiger partial charge in [0.1, 0.15) is 5.75 Å². The molecule has 1 aromatic rings. The summed E-state index contributed by atoms with van der Waals surface area (Å²) in [5.41, 5.74) is 4.18. The second-order valence-electron chi connectivity index (χ2n) is 6.11. The lowest BCUT2D eigenvalue weighted by Crippen LogP contribution is -2.53. The third-order valence-corrected chi connectivity index (χ3v) is 4.60. The van der Waals surface area contributed by atoms with Crippen LogP contribution in [0.5, 0.6) is 5.75 Å². The molecular weight excluding hydrogens is 264 g/mol. The number of nitrogens with one attached hydrogen (secondary N) is 1. The molecule has 0 spiro atoms. The minimum Gasteiger partial charge on any atom is -0.492 e. The third kappa shape index (κ3) is 3.36. The summed E-state index contributed by atoms with van der Waals surface area (Å²) in [5.74, 6) is 6.73. The maximum absolute atomic E-state index is 5.91. The smallest absolute Gasteiger partial charge is 0.137 e. The van der Waals surface area contributed by atoms with E-state index in [1.54, 1.807) is 6.20 Å². The first-order valence-electron chi connectivity index (χ1n) is 7.85. The Kier molecular flexibility index (Phi) is 5.56.